The Labute approximate surface area is 172 Å². The van der Waals surface area contributed by atoms with Crippen LogP contribution >= 0.6 is 11.3 Å². The summed E-state index contributed by atoms with van der Waals surface area (Å²) in [5, 5.41) is 3.28. The lowest BCUT2D eigenvalue weighted by molar-refractivity contribution is -0.121. The standard InChI is InChI=1S/C22H21N3O3S/c1-4-13-9-10-16-17(11-13)29-22(23-16)24-19(26)18(12(2)3)25-20(27)14-7-5-6-8-15(14)21(25)28/h5-12,18H,4H2,1-3H3,(H,23,24,26). The fourth-order valence-corrected chi connectivity index (χ4v) is 4.53. The Balaban J connectivity index is 1.62. The summed E-state index contributed by atoms with van der Waals surface area (Å²) in [4.78, 5) is 44.3. The third-order valence-corrected chi connectivity index (χ3v) is 6.03. The van der Waals surface area contributed by atoms with E-state index in [0.29, 0.717) is 16.3 Å². The predicted molar refractivity (Wildman–Crippen MR) is 113 cm³/mol. The molecule has 0 fully saturated rings. The molecule has 1 aliphatic rings. The number of carbonyl (C=O) groups excluding carboxylic acids is 3. The maximum absolute atomic E-state index is 13.1. The first-order valence-corrected chi connectivity index (χ1v) is 10.4. The second kappa shape index (κ2) is 7.40. The molecular weight excluding hydrogens is 386 g/mol. The first-order chi connectivity index (χ1) is 13.9. The first kappa shape index (κ1) is 19.3. The van der Waals surface area contributed by atoms with E-state index in [9.17, 15) is 14.4 Å². The van der Waals surface area contributed by atoms with E-state index in [2.05, 4.69) is 23.3 Å². The van der Waals surface area contributed by atoms with Crippen LogP contribution in [0.2, 0.25) is 0 Å². The van der Waals surface area contributed by atoms with Gasteiger partial charge in [0.2, 0.25) is 5.91 Å². The number of amides is 3. The van der Waals surface area contributed by atoms with Crippen molar-refractivity contribution in [2.45, 2.75) is 33.2 Å². The zero-order valence-electron chi connectivity index (χ0n) is 16.4. The summed E-state index contributed by atoms with van der Waals surface area (Å²) >= 11 is 1.38. The predicted octanol–water partition coefficient (Wildman–Crippen LogP) is 4.12. The summed E-state index contributed by atoms with van der Waals surface area (Å²) in [6.45, 7) is 5.72. The number of carbonyl (C=O) groups is 3. The molecule has 0 bridgehead atoms. The average Bonchev–Trinajstić information content (AvgIpc) is 3.21. The lowest BCUT2D eigenvalue weighted by Crippen LogP contribution is -2.50. The number of nitrogens with one attached hydrogen (secondary N) is 1. The Morgan fingerprint density at radius 2 is 1.76 bits per heavy atom. The summed E-state index contributed by atoms with van der Waals surface area (Å²) in [6, 6.07) is 11.8. The summed E-state index contributed by atoms with van der Waals surface area (Å²) in [5.74, 6) is -1.53. The number of fused-ring (bicyclic) bond motifs is 2. The van der Waals surface area contributed by atoms with Crippen LogP contribution < -0.4 is 5.32 Å². The highest BCUT2D eigenvalue weighted by atomic mass is 32.1. The van der Waals surface area contributed by atoms with E-state index in [1.807, 2.05) is 26.0 Å². The molecule has 7 heteroatoms. The van der Waals surface area contributed by atoms with Gasteiger partial charge < -0.3 is 5.32 Å². The number of hydrogen-bond acceptors (Lipinski definition) is 5. The van der Waals surface area contributed by atoms with Gasteiger partial charge in [-0.3, -0.25) is 19.3 Å². The summed E-state index contributed by atoms with van der Waals surface area (Å²) in [5.41, 5.74) is 2.68. The molecule has 6 nitrogen and oxygen atoms in total. The second-order valence-corrected chi connectivity index (χ2v) is 8.41. The third-order valence-electron chi connectivity index (χ3n) is 5.09. The Morgan fingerprint density at radius 1 is 1.10 bits per heavy atom. The van der Waals surface area contributed by atoms with Gasteiger partial charge in [0.1, 0.15) is 6.04 Å². The Kier molecular flexibility index (Phi) is 4.92. The fraction of sp³-hybridized carbons (Fsp3) is 0.273. The van der Waals surface area contributed by atoms with E-state index in [1.54, 1.807) is 24.3 Å². The number of benzene rings is 2. The molecule has 2 heterocycles. The third kappa shape index (κ3) is 3.31. The van der Waals surface area contributed by atoms with Crippen LogP contribution in [-0.4, -0.2) is 33.6 Å². The van der Waals surface area contributed by atoms with Crippen LogP contribution in [-0.2, 0) is 11.2 Å². The van der Waals surface area contributed by atoms with Crippen LogP contribution in [0.4, 0.5) is 5.13 Å². The van der Waals surface area contributed by atoms with E-state index in [4.69, 9.17) is 0 Å². The van der Waals surface area contributed by atoms with Crippen molar-refractivity contribution in [1.82, 2.24) is 9.88 Å². The zero-order chi connectivity index (χ0) is 20.7. The second-order valence-electron chi connectivity index (χ2n) is 7.38. The van der Waals surface area contributed by atoms with Crippen molar-refractivity contribution in [3.05, 3.63) is 59.2 Å². The minimum Gasteiger partial charge on any atom is -0.300 e. The minimum absolute atomic E-state index is 0.252. The molecule has 0 spiro atoms. The summed E-state index contributed by atoms with van der Waals surface area (Å²) < 4.78 is 0.987. The van der Waals surface area contributed by atoms with Crippen molar-refractivity contribution in [2.75, 3.05) is 5.32 Å². The van der Waals surface area contributed by atoms with Gasteiger partial charge in [0.05, 0.1) is 21.3 Å². The number of aromatic nitrogens is 1. The highest BCUT2D eigenvalue weighted by molar-refractivity contribution is 7.22. The molecule has 0 aliphatic carbocycles. The normalized spacial score (nSPS) is 14.6. The number of hydrogen-bond donors (Lipinski definition) is 1. The highest BCUT2D eigenvalue weighted by Crippen LogP contribution is 2.30. The van der Waals surface area contributed by atoms with Crippen molar-refractivity contribution in [2.24, 2.45) is 5.92 Å². The smallest absolute Gasteiger partial charge is 0.262 e. The average molecular weight is 407 g/mol. The molecule has 3 amide bonds. The Bertz CT molecular complexity index is 1100. The molecule has 1 aromatic heterocycles. The number of rotatable bonds is 5. The maximum Gasteiger partial charge on any atom is 0.262 e. The molecule has 1 N–H and O–H groups in total. The van der Waals surface area contributed by atoms with Crippen LogP contribution in [0.25, 0.3) is 10.2 Å². The molecule has 4 rings (SSSR count). The SMILES string of the molecule is CCc1ccc2nc(NC(=O)C(C(C)C)N3C(=O)c4ccccc4C3=O)sc2c1. The number of anilines is 1. The Morgan fingerprint density at radius 3 is 2.34 bits per heavy atom. The summed E-state index contributed by atoms with van der Waals surface area (Å²) in [6.07, 6.45) is 0.921. The van der Waals surface area contributed by atoms with E-state index in [-0.39, 0.29) is 5.92 Å². The van der Waals surface area contributed by atoms with Crippen LogP contribution in [0.5, 0.6) is 0 Å². The van der Waals surface area contributed by atoms with Crippen molar-refractivity contribution in [1.29, 1.82) is 0 Å². The van der Waals surface area contributed by atoms with Crippen LogP contribution in [0.1, 0.15) is 47.1 Å². The highest BCUT2D eigenvalue weighted by Gasteiger charge is 2.44. The first-order valence-electron chi connectivity index (χ1n) is 9.58. The molecule has 148 valence electrons. The molecular formula is C22H21N3O3S. The lowest BCUT2D eigenvalue weighted by Gasteiger charge is -2.27. The van der Waals surface area contributed by atoms with Crippen molar-refractivity contribution < 1.29 is 14.4 Å². The topological polar surface area (TPSA) is 79.4 Å². The maximum atomic E-state index is 13.1. The largest absolute Gasteiger partial charge is 0.300 e. The molecule has 0 radical (unpaired) electrons. The number of aryl methyl sites for hydroxylation is 1. The van der Waals surface area contributed by atoms with Gasteiger partial charge in [-0.15, -0.1) is 0 Å². The molecule has 3 aromatic rings. The van der Waals surface area contributed by atoms with Crippen LogP contribution in [0, 0.1) is 5.92 Å². The molecule has 1 aliphatic heterocycles. The number of thiazole rings is 1. The van der Waals surface area contributed by atoms with E-state index in [1.165, 1.54) is 16.9 Å². The van der Waals surface area contributed by atoms with Crippen LogP contribution in [0.15, 0.2) is 42.5 Å². The van der Waals surface area contributed by atoms with Gasteiger partial charge in [0.25, 0.3) is 11.8 Å². The zero-order valence-corrected chi connectivity index (χ0v) is 17.2. The van der Waals surface area contributed by atoms with Gasteiger partial charge in [-0.05, 0) is 42.2 Å². The molecule has 1 unspecified atom stereocenters. The molecule has 0 saturated carbocycles. The molecule has 29 heavy (non-hydrogen) atoms. The fourth-order valence-electron chi connectivity index (χ4n) is 3.60. The molecule has 0 saturated heterocycles. The van der Waals surface area contributed by atoms with E-state index >= 15 is 0 Å². The van der Waals surface area contributed by atoms with Crippen LogP contribution in [0.3, 0.4) is 0 Å². The molecule has 1 atom stereocenters. The van der Waals surface area contributed by atoms with E-state index in [0.717, 1.165) is 21.5 Å². The summed E-state index contributed by atoms with van der Waals surface area (Å²) in [7, 11) is 0. The van der Waals surface area contributed by atoms with Gasteiger partial charge in [-0.1, -0.05) is 50.3 Å². The van der Waals surface area contributed by atoms with Gasteiger partial charge >= 0.3 is 0 Å². The minimum atomic E-state index is -0.916. The van der Waals surface area contributed by atoms with Crippen molar-refractivity contribution >= 4 is 44.4 Å². The van der Waals surface area contributed by atoms with Gasteiger partial charge in [0.15, 0.2) is 5.13 Å². The van der Waals surface area contributed by atoms with Gasteiger partial charge in [-0.2, -0.15) is 0 Å². The monoisotopic (exact) mass is 407 g/mol. The van der Waals surface area contributed by atoms with Crippen molar-refractivity contribution in [3.63, 3.8) is 0 Å². The molecule has 2 aromatic carbocycles. The van der Waals surface area contributed by atoms with Gasteiger partial charge in [-0.25, -0.2) is 4.98 Å². The van der Waals surface area contributed by atoms with Crippen molar-refractivity contribution in [3.8, 4) is 0 Å². The lowest BCUT2D eigenvalue weighted by atomic mass is 10.0. The van der Waals surface area contributed by atoms with Gasteiger partial charge in [0, 0.05) is 0 Å². The number of imide groups is 1. The van der Waals surface area contributed by atoms with E-state index < -0.39 is 23.8 Å². The number of nitrogens with zero attached hydrogens (tertiary/aromatic N) is 2. The Hall–Kier alpha value is -3.06. The quantitative estimate of drug-likeness (QED) is 0.645.